The number of benzene rings is 2. The molecule has 0 saturated heterocycles. The summed E-state index contributed by atoms with van der Waals surface area (Å²) < 4.78 is 18.9. The summed E-state index contributed by atoms with van der Waals surface area (Å²) in [5.41, 5.74) is 0.504. The number of alkyl halides is 1. The fourth-order valence-corrected chi connectivity index (χ4v) is 2.79. The SMILES string of the molecule is O=[N+]([O-])c1cc(Br)c(F)cc1Oc1ccc(CBr)c(Cl)c1. The highest BCUT2D eigenvalue weighted by atomic mass is 79.9. The van der Waals surface area contributed by atoms with Crippen LogP contribution in [0.15, 0.2) is 34.8 Å². The third kappa shape index (κ3) is 3.72. The molecular formula is C13H7Br2ClFNO3. The van der Waals surface area contributed by atoms with E-state index in [1.54, 1.807) is 12.1 Å². The molecule has 2 rings (SSSR count). The minimum absolute atomic E-state index is 0.00535. The van der Waals surface area contributed by atoms with Crippen LogP contribution in [0, 0.1) is 15.9 Å². The van der Waals surface area contributed by atoms with Gasteiger partial charge in [-0.1, -0.05) is 33.6 Å². The van der Waals surface area contributed by atoms with Crippen LogP contribution in [0.25, 0.3) is 0 Å². The maximum Gasteiger partial charge on any atom is 0.312 e. The minimum Gasteiger partial charge on any atom is -0.450 e. The molecule has 0 aliphatic heterocycles. The normalized spacial score (nSPS) is 10.5. The van der Waals surface area contributed by atoms with Gasteiger partial charge in [-0.3, -0.25) is 10.1 Å². The summed E-state index contributed by atoms with van der Waals surface area (Å²) in [6.07, 6.45) is 0. The second-order valence-electron chi connectivity index (χ2n) is 3.98. The molecule has 0 atom stereocenters. The predicted octanol–water partition coefficient (Wildman–Crippen LogP) is 5.84. The van der Waals surface area contributed by atoms with Crippen LogP contribution in [0.2, 0.25) is 5.02 Å². The lowest BCUT2D eigenvalue weighted by atomic mass is 10.2. The average molecular weight is 439 g/mol. The van der Waals surface area contributed by atoms with Crippen molar-refractivity contribution in [1.82, 2.24) is 0 Å². The number of nitrogens with zero attached hydrogens (tertiary/aromatic N) is 1. The first-order valence-electron chi connectivity index (χ1n) is 5.58. The van der Waals surface area contributed by atoms with Crippen molar-refractivity contribution in [2.75, 3.05) is 0 Å². The largest absolute Gasteiger partial charge is 0.450 e. The minimum atomic E-state index is -0.654. The lowest BCUT2D eigenvalue weighted by molar-refractivity contribution is -0.385. The van der Waals surface area contributed by atoms with Gasteiger partial charge in [0.1, 0.15) is 11.6 Å². The van der Waals surface area contributed by atoms with Crippen molar-refractivity contribution in [2.45, 2.75) is 5.33 Å². The lowest BCUT2D eigenvalue weighted by Gasteiger charge is -2.09. The van der Waals surface area contributed by atoms with Crippen LogP contribution < -0.4 is 4.74 Å². The number of hydrogen-bond acceptors (Lipinski definition) is 3. The molecule has 0 N–H and O–H groups in total. The zero-order valence-electron chi connectivity index (χ0n) is 10.3. The average Bonchev–Trinajstić information content (AvgIpc) is 2.42. The van der Waals surface area contributed by atoms with Crippen molar-refractivity contribution in [3.63, 3.8) is 0 Å². The fraction of sp³-hybridized carbons (Fsp3) is 0.0769. The number of nitro benzene ring substituents is 1. The predicted molar refractivity (Wildman–Crippen MR) is 84.9 cm³/mol. The summed E-state index contributed by atoms with van der Waals surface area (Å²) in [5, 5.41) is 12.0. The molecule has 0 aliphatic carbocycles. The summed E-state index contributed by atoms with van der Waals surface area (Å²) in [5.74, 6) is -0.559. The quantitative estimate of drug-likeness (QED) is 0.342. The highest BCUT2D eigenvalue weighted by Crippen LogP contribution is 2.36. The summed E-state index contributed by atoms with van der Waals surface area (Å²) in [4.78, 5) is 10.3. The molecule has 0 saturated carbocycles. The Morgan fingerprint density at radius 1 is 1.33 bits per heavy atom. The van der Waals surface area contributed by atoms with Crippen LogP contribution in [0.1, 0.15) is 5.56 Å². The van der Waals surface area contributed by atoms with Gasteiger partial charge in [0.15, 0.2) is 0 Å². The summed E-state index contributed by atoms with van der Waals surface area (Å²) >= 11 is 12.2. The number of hydrogen-bond donors (Lipinski definition) is 0. The molecule has 0 heterocycles. The van der Waals surface area contributed by atoms with Gasteiger partial charge in [-0.2, -0.15) is 0 Å². The molecule has 0 amide bonds. The maximum absolute atomic E-state index is 13.5. The molecule has 21 heavy (non-hydrogen) atoms. The zero-order valence-corrected chi connectivity index (χ0v) is 14.2. The van der Waals surface area contributed by atoms with E-state index in [0.717, 1.165) is 17.7 Å². The molecule has 2 aromatic carbocycles. The Hall–Kier alpha value is -1.18. The fourth-order valence-electron chi connectivity index (χ4n) is 1.57. The molecule has 110 valence electrons. The van der Waals surface area contributed by atoms with Gasteiger partial charge in [-0.05, 0) is 33.6 Å². The Morgan fingerprint density at radius 3 is 2.62 bits per heavy atom. The zero-order chi connectivity index (χ0) is 15.6. The van der Waals surface area contributed by atoms with Gasteiger partial charge in [0.25, 0.3) is 0 Å². The van der Waals surface area contributed by atoms with E-state index < -0.39 is 10.7 Å². The van der Waals surface area contributed by atoms with Crippen molar-refractivity contribution in [3.8, 4) is 11.5 Å². The van der Waals surface area contributed by atoms with Gasteiger partial charge in [0.2, 0.25) is 5.75 Å². The number of ether oxygens (including phenoxy) is 1. The summed E-state index contributed by atoms with van der Waals surface area (Å²) in [6, 6.07) is 6.84. The molecule has 0 bridgehead atoms. The van der Waals surface area contributed by atoms with Crippen molar-refractivity contribution in [3.05, 3.63) is 61.3 Å². The van der Waals surface area contributed by atoms with Crippen molar-refractivity contribution < 1.29 is 14.1 Å². The van der Waals surface area contributed by atoms with Crippen LogP contribution in [0.5, 0.6) is 11.5 Å². The molecule has 0 fully saturated rings. The van der Waals surface area contributed by atoms with E-state index >= 15 is 0 Å². The van der Waals surface area contributed by atoms with E-state index in [4.69, 9.17) is 16.3 Å². The van der Waals surface area contributed by atoms with E-state index in [2.05, 4.69) is 31.9 Å². The topological polar surface area (TPSA) is 52.4 Å². The summed E-state index contributed by atoms with van der Waals surface area (Å²) in [6.45, 7) is 0. The standard InChI is InChI=1S/C13H7Br2ClFNO3/c14-6-7-1-2-8(3-10(7)16)21-13-5-11(17)9(15)4-12(13)18(19)20/h1-5H,6H2. The van der Waals surface area contributed by atoms with Crippen molar-refractivity contribution >= 4 is 49.1 Å². The van der Waals surface area contributed by atoms with E-state index in [-0.39, 0.29) is 21.7 Å². The highest BCUT2D eigenvalue weighted by Gasteiger charge is 2.19. The maximum atomic E-state index is 13.5. The molecule has 8 heteroatoms. The summed E-state index contributed by atoms with van der Waals surface area (Å²) in [7, 11) is 0. The lowest BCUT2D eigenvalue weighted by Crippen LogP contribution is -1.95. The first kappa shape index (κ1) is 16.2. The third-order valence-electron chi connectivity index (χ3n) is 2.59. The van der Waals surface area contributed by atoms with Gasteiger partial charge in [-0.15, -0.1) is 0 Å². The first-order valence-corrected chi connectivity index (χ1v) is 7.87. The Labute approximate surface area is 141 Å². The Kier molecular flexibility index (Phi) is 5.18. The number of rotatable bonds is 4. The van der Waals surface area contributed by atoms with Gasteiger partial charge in [0.05, 0.1) is 9.40 Å². The smallest absolute Gasteiger partial charge is 0.312 e. The second kappa shape index (κ2) is 6.72. The van der Waals surface area contributed by atoms with Gasteiger partial charge in [-0.25, -0.2) is 4.39 Å². The third-order valence-corrected chi connectivity index (χ3v) is 4.16. The van der Waals surface area contributed by atoms with Crippen molar-refractivity contribution in [2.24, 2.45) is 0 Å². The monoisotopic (exact) mass is 437 g/mol. The van der Waals surface area contributed by atoms with Crippen LogP contribution in [-0.4, -0.2) is 4.92 Å². The molecule has 0 aliphatic rings. The van der Waals surface area contributed by atoms with Crippen LogP contribution in [0.3, 0.4) is 0 Å². The van der Waals surface area contributed by atoms with E-state index in [1.807, 2.05) is 0 Å². The first-order chi connectivity index (χ1) is 9.92. The molecule has 4 nitrogen and oxygen atoms in total. The Balaban J connectivity index is 2.41. The van der Waals surface area contributed by atoms with E-state index in [1.165, 1.54) is 6.07 Å². The van der Waals surface area contributed by atoms with E-state index in [9.17, 15) is 14.5 Å². The molecule has 0 spiro atoms. The Morgan fingerprint density at radius 2 is 2.05 bits per heavy atom. The second-order valence-corrected chi connectivity index (χ2v) is 5.80. The van der Waals surface area contributed by atoms with Gasteiger partial charge in [0, 0.05) is 22.5 Å². The van der Waals surface area contributed by atoms with Crippen LogP contribution in [0.4, 0.5) is 10.1 Å². The van der Waals surface area contributed by atoms with Gasteiger partial charge < -0.3 is 4.74 Å². The van der Waals surface area contributed by atoms with Gasteiger partial charge >= 0.3 is 5.69 Å². The molecule has 2 aromatic rings. The van der Waals surface area contributed by atoms with E-state index in [0.29, 0.717) is 10.4 Å². The number of halogens is 4. The Bertz CT molecular complexity index is 712. The highest BCUT2D eigenvalue weighted by molar-refractivity contribution is 9.10. The molecule has 0 unspecified atom stereocenters. The van der Waals surface area contributed by atoms with Crippen LogP contribution >= 0.6 is 43.5 Å². The van der Waals surface area contributed by atoms with Crippen molar-refractivity contribution in [1.29, 1.82) is 0 Å². The molecule has 0 radical (unpaired) electrons. The molecular weight excluding hydrogens is 432 g/mol. The number of nitro groups is 1. The van der Waals surface area contributed by atoms with Crippen LogP contribution in [-0.2, 0) is 5.33 Å². The molecule has 0 aromatic heterocycles.